The van der Waals surface area contributed by atoms with E-state index in [0.29, 0.717) is 29.9 Å². The molecule has 0 atom stereocenters. The Hall–Kier alpha value is -2.24. The zero-order chi connectivity index (χ0) is 15.5. The summed E-state index contributed by atoms with van der Waals surface area (Å²) >= 11 is 0. The first-order chi connectivity index (χ1) is 10.0. The molecule has 1 aliphatic carbocycles. The highest BCUT2D eigenvalue weighted by Crippen LogP contribution is 2.50. The fourth-order valence-corrected chi connectivity index (χ4v) is 2.16. The lowest BCUT2D eigenvalue weighted by Gasteiger charge is -2.14. The Kier molecular flexibility index (Phi) is 4.35. The minimum Gasteiger partial charge on any atom is -0.497 e. The van der Waals surface area contributed by atoms with Gasteiger partial charge in [0.15, 0.2) is 0 Å². The minimum atomic E-state index is -0.980. The van der Waals surface area contributed by atoms with Crippen molar-refractivity contribution in [1.82, 2.24) is 0 Å². The van der Waals surface area contributed by atoms with Crippen LogP contribution in [-0.2, 0) is 20.9 Å². The lowest BCUT2D eigenvalue weighted by molar-refractivity contribution is -0.156. The second-order valence-electron chi connectivity index (χ2n) is 5.10. The van der Waals surface area contributed by atoms with Crippen LogP contribution in [0, 0.1) is 5.41 Å². The van der Waals surface area contributed by atoms with E-state index >= 15 is 0 Å². The summed E-state index contributed by atoms with van der Waals surface area (Å²) in [6.45, 7) is 0.0490. The second kappa shape index (κ2) is 6.03. The predicted molar refractivity (Wildman–Crippen MR) is 73.3 cm³/mol. The monoisotopic (exact) mass is 294 g/mol. The van der Waals surface area contributed by atoms with Gasteiger partial charge in [-0.3, -0.25) is 9.59 Å². The van der Waals surface area contributed by atoms with Crippen LogP contribution >= 0.6 is 0 Å². The molecule has 1 saturated carbocycles. The maximum Gasteiger partial charge on any atom is 0.313 e. The molecule has 0 saturated heterocycles. The molecule has 0 aliphatic heterocycles. The topological polar surface area (TPSA) is 82.1 Å². The number of rotatable bonds is 7. The fourth-order valence-electron chi connectivity index (χ4n) is 2.16. The summed E-state index contributed by atoms with van der Waals surface area (Å²) in [5, 5.41) is 8.82. The number of carbonyl (C=O) groups is 2. The van der Waals surface area contributed by atoms with Crippen LogP contribution in [0.2, 0.25) is 0 Å². The number of hydrogen-bond donors (Lipinski definition) is 1. The molecule has 1 fully saturated rings. The van der Waals surface area contributed by atoms with Crippen LogP contribution in [-0.4, -0.2) is 31.3 Å². The van der Waals surface area contributed by atoms with Crippen LogP contribution in [0.4, 0.5) is 0 Å². The van der Waals surface area contributed by atoms with Gasteiger partial charge in [0, 0.05) is 11.6 Å². The molecule has 1 aromatic carbocycles. The van der Waals surface area contributed by atoms with E-state index < -0.39 is 17.4 Å². The van der Waals surface area contributed by atoms with Gasteiger partial charge in [-0.05, 0) is 25.0 Å². The van der Waals surface area contributed by atoms with E-state index in [2.05, 4.69) is 0 Å². The lowest BCUT2D eigenvalue weighted by atomic mass is 10.0. The van der Waals surface area contributed by atoms with E-state index in [4.69, 9.17) is 19.3 Å². The number of ether oxygens (including phenoxy) is 3. The summed E-state index contributed by atoms with van der Waals surface area (Å²) in [4.78, 5) is 22.8. The molecule has 0 unspecified atom stereocenters. The molecule has 114 valence electrons. The summed E-state index contributed by atoms with van der Waals surface area (Å²) in [5.74, 6) is -0.231. The Morgan fingerprint density at radius 3 is 2.48 bits per heavy atom. The van der Waals surface area contributed by atoms with Gasteiger partial charge in [0.05, 0.1) is 26.1 Å². The van der Waals surface area contributed by atoms with Crippen molar-refractivity contribution >= 4 is 11.9 Å². The standard InChI is InChI=1S/C15H18O6/c1-19-11-4-3-10(12(7-11)20-2)9-21-14(18)15(5-6-15)8-13(16)17/h3-4,7H,5-6,8-9H2,1-2H3,(H,16,17). The van der Waals surface area contributed by atoms with Gasteiger partial charge in [0.1, 0.15) is 18.1 Å². The van der Waals surface area contributed by atoms with Gasteiger partial charge in [-0.1, -0.05) is 0 Å². The molecule has 0 bridgehead atoms. The Morgan fingerprint density at radius 2 is 1.95 bits per heavy atom. The summed E-state index contributed by atoms with van der Waals surface area (Å²) in [6.07, 6.45) is 0.960. The van der Waals surface area contributed by atoms with Gasteiger partial charge in [-0.15, -0.1) is 0 Å². The van der Waals surface area contributed by atoms with Crippen LogP contribution in [0.1, 0.15) is 24.8 Å². The van der Waals surface area contributed by atoms with E-state index in [-0.39, 0.29) is 13.0 Å². The first-order valence-corrected chi connectivity index (χ1v) is 6.61. The smallest absolute Gasteiger partial charge is 0.313 e. The SMILES string of the molecule is COc1ccc(COC(=O)C2(CC(=O)O)CC2)c(OC)c1. The largest absolute Gasteiger partial charge is 0.497 e. The van der Waals surface area contributed by atoms with Gasteiger partial charge < -0.3 is 19.3 Å². The fraction of sp³-hybridized carbons (Fsp3) is 0.467. The van der Waals surface area contributed by atoms with Gasteiger partial charge in [-0.25, -0.2) is 0 Å². The van der Waals surface area contributed by atoms with Gasteiger partial charge >= 0.3 is 11.9 Å². The maximum absolute atomic E-state index is 12.0. The molecule has 6 heteroatoms. The van der Waals surface area contributed by atoms with Crippen molar-refractivity contribution in [2.24, 2.45) is 5.41 Å². The van der Waals surface area contributed by atoms with Crippen LogP contribution < -0.4 is 9.47 Å². The molecule has 2 rings (SSSR count). The average molecular weight is 294 g/mol. The highest BCUT2D eigenvalue weighted by Gasteiger charge is 2.52. The van der Waals surface area contributed by atoms with Gasteiger partial charge in [-0.2, -0.15) is 0 Å². The van der Waals surface area contributed by atoms with Crippen molar-refractivity contribution in [3.05, 3.63) is 23.8 Å². The third-order valence-corrected chi connectivity index (χ3v) is 3.63. The molecule has 0 radical (unpaired) electrons. The molecule has 6 nitrogen and oxygen atoms in total. The summed E-state index contributed by atoms with van der Waals surface area (Å²) < 4.78 is 15.6. The van der Waals surface area contributed by atoms with Crippen molar-refractivity contribution in [1.29, 1.82) is 0 Å². The quantitative estimate of drug-likeness (QED) is 0.775. The normalized spacial score (nSPS) is 15.1. The highest BCUT2D eigenvalue weighted by molar-refractivity contribution is 5.85. The zero-order valence-corrected chi connectivity index (χ0v) is 12.0. The molecule has 1 aliphatic rings. The van der Waals surface area contributed by atoms with Crippen LogP contribution in [0.5, 0.6) is 11.5 Å². The molecular weight excluding hydrogens is 276 g/mol. The summed E-state index contributed by atoms with van der Waals surface area (Å²) in [6, 6.07) is 5.20. The average Bonchev–Trinajstić information content (AvgIpc) is 3.24. The zero-order valence-electron chi connectivity index (χ0n) is 12.0. The number of hydrogen-bond acceptors (Lipinski definition) is 5. The van der Waals surface area contributed by atoms with Crippen molar-refractivity contribution in [3.63, 3.8) is 0 Å². The Morgan fingerprint density at radius 1 is 1.24 bits per heavy atom. The molecule has 1 N–H and O–H groups in total. The van der Waals surface area contributed by atoms with E-state index in [1.54, 1.807) is 25.3 Å². The molecular formula is C15H18O6. The Bertz CT molecular complexity index is 547. The third-order valence-electron chi connectivity index (χ3n) is 3.63. The van der Waals surface area contributed by atoms with Crippen molar-refractivity contribution in [3.8, 4) is 11.5 Å². The Balaban J connectivity index is 2.00. The van der Waals surface area contributed by atoms with Gasteiger partial charge in [0.2, 0.25) is 0 Å². The van der Waals surface area contributed by atoms with Crippen LogP contribution in [0.15, 0.2) is 18.2 Å². The van der Waals surface area contributed by atoms with Crippen molar-refractivity contribution in [2.45, 2.75) is 25.9 Å². The third kappa shape index (κ3) is 3.45. The van der Waals surface area contributed by atoms with E-state index in [9.17, 15) is 9.59 Å². The number of methoxy groups -OCH3 is 2. The lowest BCUT2D eigenvalue weighted by Crippen LogP contribution is -2.22. The first kappa shape index (κ1) is 15.2. The number of aliphatic carboxylic acids is 1. The number of benzene rings is 1. The van der Waals surface area contributed by atoms with E-state index in [1.165, 1.54) is 7.11 Å². The molecule has 1 aromatic rings. The van der Waals surface area contributed by atoms with Gasteiger partial charge in [0.25, 0.3) is 0 Å². The van der Waals surface area contributed by atoms with Crippen LogP contribution in [0.25, 0.3) is 0 Å². The molecule has 0 amide bonds. The summed E-state index contributed by atoms with van der Waals surface area (Å²) in [7, 11) is 3.07. The van der Waals surface area contributed by atoms with Crippen molar-refractivity contribution < 1.29 is 28.9 Å². The summed E-state index contributed by atoms with van der Waals surface area (Å²) in [5.41, 5.74) is -0.122. The van der Waals surface area contributed by atoms with E-state index in [1.807, 2.05) is 0 Å². The molecule has 21 heavy (non-hydrogen) atoms. The second-order valence-corrected chi connectivity index (χ2v) is 5.10. The highest BCUT2D eigenvalue weighted by atomic mass is 16.5. The van der Waals surface area contributed by atoms with Crippen LogP contribution in [0.3, 0.4) is 0 Å². The van der Waals surface area contributed by atoms with E-state index in [0.717, 1.165) is 0 Å². The number of carboxylic acids is 1. The molecule has 0 heterocycles. The maximum atomic E-state index is 12.0. The van der Waals surface area contributed by atoms with Crippen molar-refractivity contribution in [2.75, 3.05) is 14.2 Å². The minimum absolute atomic E-state index is 0.0490. The number of esters is 1. The number of carboxylic acid groups (broad SMARTS) is 1. The predicted octanol–water partition coefficient (Wildman–Crippen LogP) is 2.00. The molecule has 0 spiro atoms. The number of carbonyl (C=O) groups excluding carboxylic acids is 1. The first-order valence-electron chi connectivity index (χ1n) is 6.61. The molecule has 0 aromatic heterocycles. The Labute approximate surface area is 122 Å².